The molecular formula is C16H15N5O2. The van der Waals surface area contributed by atoms with Crippen LogP contribution in [-0.2, 0) is 9.59 Å². The van der Waals surface area contributed by atoms with E-state index < -0.39 is 11.8 Å². The number of aromatic nitrogens is 2. The summed E-state index contributed by atoms with van der Waals surface area (Å²) in [6.07, 6.45) is 1.56. The zero-order valence-electron chi connectivity index (χ0n) is 12.4. The molecule has 1 heterocycles. The molecule has 3 aromatic rings. The minimum absolute atomic E-state index is 0.399. The lowest BCUT2D eigenvalue weighted by Crippen LogP contribution is -2.29. The minimum atomic E-state index is -0.785. The number of anilines is 3. The summed E-state index contributed by atoms with van der Waals surface area (Å²) in [5.41, 5.74) is 9.57. The van der Waals surface area contributed by atoms with Crippen molar-refractivity contribution in [2.24, 2.45) is 0 Å². The second-order valence-corrected chi connectivity index (χ2v) is 5.13. The Morgan fingerprint density at radius 3 is 2.70 bits per heavy atom. The molecule has 3 rings (SSSR count). The van der Waals surface area contributed by atoms with Crippen molar-refractivity contribution in [1.29, 1.82) is 0 Å². The molecule has 0 atom stereocenters. The van der Waals surface area contributed by atoms with Crippen LogP contribution in [0.2, 0.25) is 0 Å². The lowest BCUT2D eigenvalue weighted by molar-refractivity contribution is -0.132. The van der Waals surface area contributed by atoms with Crippen LogP contribution in [0.4, 0.5) is 17.1 Å². The first kappa shape index (κ1) is 14.6. The molecule has 0 unspecified atom stereocenters. The fourth-order valence-corrected chi connectivity index (χ4v) is 2.16. The van der Waals surface area contributed by atoms with E-state index >= 15 is 0 Å². The highest BCUT2D eigenvalue weighted by atomic mass is 16.2. The van der Waals surface area contributed by atoms with Gasteiger partial charge in [-0.15, -0.1) is 0 Å². The summed E-state index contributed by atoms with van der Waals surface area (Å²) in [5.74, 6) is -1.56. The third-order valence-corrected chi connectivity index (χ3v) is 3.34. The summed E-state index contributed by atoms with van der Waals surface area (Å²) in [5, 5.41) is 5.05. The number of H-pyrrole nitrogens is 1. The van der Waals surface area contributed by atoms with Crippen LogP contribution in [0.5, 0.6) is 0 Å². The Balaban J connectivity index is 1.72. The number of rotatable bonds is 2. The van der Waals surface area contributed by atoms with Gasteiger partial charge in [0.2, 0.25) is 0 Å². The fourth-order valence-electron chi connectivity index (χ4n) is 2.16. The molecule has 7 heteroatoms. The number of nitrogens with one attached hydrogen (secondary N) is 3. The number of carbonyl (C=O) groups excluding carboxylic acids is 2. The van der Waals surface area contributed by atoms with Crippen molar-refractivity contribution < 1.29 is 9.59 Å². The first-order chi connectivity index (χ1) is 11.0. The van der Waals surface area contributed by atoms with Gasteiger partial charge in [-0.1, -0.05) is 6.07 Å². The normalized spacial score (nSPS) is 10.5. The number of hydrogen-bond acceptors (Lipinski definition) is 4. The molecule has 0 bridgehead atoms. The van der Waals surface area contributed by atoms with Gasteiger partial charge in [0.05, 0.1) is 28.7 Å². The van der Waals surface area contributed by atoms with E-state index in [-0.39, 0.29) is 0 Å². The summed E-state index contributed by atoms with van der Waals surface area (Å²) in [6, 6.07) is 10.3. The van der Waals surface area contributed by atoms with Gasteiger partial charge in [0.1, 0.15) is 0 Å². The molecule has 0 aliphatic rings. The van der Waals surface area contributed by atoms with Crippen molar-refractivity contribution in [1.82, 2.24) is 9.97 Å². The van der Waals surface area contributed by atoms with Crippen LogP contribution in [0, 0.1) is 6.92 Å². The highest BCUT2D eigenvalue weighted by molar-refractivity contribution is 6.44. The molecular weight excluding hydrogens is 294 g/mol. The number of carbonyl (C=O) groups is 2. The summed E-state index contributed by atoms with van der Waals surface area (Å²) < 4.78 is 0. The Morgan fingerprint density at radius 2 is 1.87 bits per heavy atom. The number of aryl methyl sites for hydroxylation is 1. The van der Waals surface area contributed by atoms with Crippen molar-refractivity contribution in [3.05, 3.63) is 48.3 Å². The van der Waals surface area contributed by atoms with Gasteiger partial charge in [0, 0.05) is 5.69 Å². The Kier molecular flexibility index (Phi) is 3.68. The van der Waals surface area contributed by atoms with Crippen LogP contribution < -0.4 is 16.4 Å². The van der Waals surface area contributed by atoms with Crippen LogP contribution in [-0.4, -0.2) is 21.8 Å². The summed E-state index contributed by atoms with van der Waals surface area (Å²) in [4.78, 5) is 31.0. The van der Waals surface area contributed by atoms with Gasteiger partial charge in [-0.25, -0.2) is 4.98 Å². The predicted octanol–water partition coefficient (Wildman–Crippen LogP) is 2.03. The molecule has 0 saturated carbocycles. The molecule has 0 fully saturated rings. The van der Waals surface area contributed by atoms with Crippen LogP contribution in [0.3, 0.4) is 0 Å². The van der Waals surface area contributed by atoms with E-state index in [9.17, 15) is 9.59 Å². The van der Waals surface area contributed by atoms with Gasteiger partial charge in [-0.3, -0.25) is 9.59 Å². The van der Waals surface area contributed by atoms with E-state index in [1.165, 1.54) is 0 Å². The summed E-state index contributed by atoms with van der Waals surface area (Å²) in [7, 11) is 0. The maximum Gasteiger partial charge on any atom is 0.314 e. The van der Waals surface area contributed by atoms with Crippen molar-refractivity contribution >= 4 is 39.9 Å². The predicted molar refractivity (Wildman–Crippen MR) is 88.9 cm³/mol. The third-order valence-electron chi connectivity index (χ3n) is 3.34. The molecule has 2 aromatic carbocycles. The number of amides is 2. The van der Waals surface area contributed by atoms with Crippen molar-refractivity contribution in [2.45, 2.75) is 6.92 Å². The molecule has 0 aliphatic heterocycles. The molecule has 2 amide bonds. The van der Waals surface area contributed by atoms with E-state index in [1.807, 2.05) is 13.0 Å². The van der Waals surface area contributed by atoms with Crippen molar-refractivity contribution in [3.8, 4) is 0 Å². The molecule has 5 N–H and O–H groups in total. The third kappa shape index (κ3) is 3.13. The SMILES string of the molecule is Cc1ccc(N)c(NC(=O)C(=O)Nc2ccc3nc[nH]c3c2)c1. The summed E-state index contributed by atoms with van der Waals surface area (Å²) >= 11 is 0. The van der Waals surface area contributed by atoms with Crippen LogP contribution in [0.25, 0.3) is 11.0 Å². The lowest BCUT2D eigenvalue weighted by Gasteiger charge is -2.09. The Bertz CT molecular complexity index is 900. The topological polar surface area (TPSA) is 113 Å². The number of aromatic amines is 1. The molecule has 0 radical (unpaired) electrons. The first-order valence-corrected chi connectivity index (χ1v) is 6.94. The average Bonchev–Trinajstić information content (AvgIpc) is 2.98. The quantitative estimate of drug-likeness (QED) is 0.428. The maximum atomic E-state index is 12.0. The number of fused-ring (bicyclic) bond motifs is 1. The Labute approximate surface area is 131 Å². The molecule has 0 saturated heterocycles. The zero-order chi connectivity index (χ0) is 16.4. The van der Waals surface area contributed by atoms with E-state index in [0.717, 1.165) is 16.6 Å². The monoisotopic (exact) mass is 309 g/mol. The van der Waals surface area contributed by atoms with Gasteiger partial charge in [-0.2, -0.15) is 0 Å². The van der Waals surface area contributed by atoms with Gasteiger partial charge in [0.15, 0.2) is 0 Å². The molecule has 116 valence electrons. The number of nitrogens with zero attached hydrogens (tertiary/aromatic N) is 1. The second-order valence-electron chi connectivity index (χ2n) is 5.13. The van der Waals surface area contributed by atoms with Crippen molar-refractivity contribution in [2.75, 3.05) is 16.4 Å². The standard InChI is InChI=1S/C16H15N5O2/c1-9-2-4-11(17)13(6-9)21-16(23)15(22)20-10-3-5-12-14(7-10)19-8-18-12/h2-8H,17H2,1H3,(H,18,19)(H,20,22)(H,21,23). The van der Waals surface area contributed by atoms with Gasteiger partial charge in [0.25, 0.3) is 0 Å². The molecule has 7 nitrogen and oxygen atoms in total. The molecule has 0 aliphatic carbocycles. The Morgan fingerprint density at radius 1 is 1.09 bits per heavy atom. The van der Waals surface area contributed by atoms with Crippen LogP contribution in [0.15, 0.2) is 42.7 Å². The van der Waals surface area contributed by atoms with Gasteiger partial charge < -0.3 is 21.4 Å². The number of benzene rings is 2. The summed E-state index contributed by atoms with van der Waals surface area (Å²) in [6.45, 7) is 1.87. The van der Waals surface area contributed by atoms with Crippen LogP contribution in [0.1, 0.15) is 5.56 Å². The molecule has 0 spiro atoms. The van der Waals surface area contributed by atoms with E-state index in [1.54, 1.807) is 36.7 Å². The van der Waals surface area contributed by atoms with Gasteiger partial charge in [-0.05, 0) is 42.8 Å². The number of imidazole rings is 1. The Hall–Kier alpha value is -3.35. The second kappa shape index (κ2) is 5.80. The number of hydrogen-bond donors (Lipinski definition) is 4. The number of nitrogens with two attached hydrogens (primary N) is 1. The average molecular weight is 309 g/mol. The van der Waals surface area contributed by atoms with Crippen LogP contribution >= 0.6 is 0 Å². The molecule has 23 heavy (non-hydrogen) atoms. The van der Waals surface area contributed by atoms with E-state index in [0.29, 0.717) is 17.1 Å². The van der Waals surface area contributed by atoms with E-state index in [2.05, 4.69) is 20.6 Å². The van der Waals surface area contributed by atoms with Crippen molar-refractivity contribution in [3.63, 3.8) is 0 Å². The highest BCUT2D eigenvalue weighted by Crippen LogP contribution is 2.20. The van der Waals surface area contributed by atoms with Gasteiger partial charge >= 0.3 is 11.8 Å². The zero-order valence-corrected chi connectivity index (χ0v) is 12.4. The fraction of sp³-hybridized carbons (Fsp3) is 0.0625. The first-order valence-electron chi connectivity index (χ1n) is 6.94. The maximum absolute atomic E-state index is 12.0. The smallest absolute Gasteiger partial charge is 0.314 e. The minimum Gasteiger partial charge on any atom is -0.397 e. The highest BCUT2D eigenvalue weighted by Gasteiger charge is 2.15. The number of nitrogen functional groups attached to an aromatic ring is 1. The lowest BCUT2D eigenvalue weighted by atomic mass is 10.2. The molecule has 1 aromatic heterocycles. The van der Waals surface area contributed by atoms with E-state index in [4.69, 9.17) is 5.73 Å². The largest absolute Gasteiger partial charge is 0.397 e.